The van der Waals surface area contributed by atoms with Gasteiger partial charge in [-0.25, -0.2) is 4.99 Å². The molecule has 0 aliphatic heterocycles. The highest BCUT2D eigenvalue weighted by Gasteiger charge is 2.29. The predicted octanol–water partition coefficient (Wildman–Crippen LogP) is 4.33. The molecule has 164 valence electrons. The van der Waals surface area contributed by atoms with Gasteiger partial charge in [0.05, 0.1) is 12.1 Å². The Balaban J connectivity index is 0.00000450. The van der Waals surface area contributed by atoms with E-state index in [9.17, 15) is 18.0 Å². The summed E-state index contributed by atoms with van der Waals surface area (Å²) < 4.78 is 37.9. The molecule has 0 radical (unpaired) electrons. The Morgan fingerprint density at radius 3 is 1.97 bits per heavy atom. The smallest absolute Gasteiger partial charge is 0.357 e. The van der Waals surface area contributed by atoms with Crippen LogP contribution >= 0.6 is 24.0 Å². The average Bonchev–Trinajstić information content (AvgIpc) is 2.70. The molecule has 2 aromatic carbocycles. The summed E-state index contributed by atoms with van der Waals surface area (Å²) in [5, 5.41) is 8.95. The molecule has 9 heteroatoms. The van der Waals surface area contributed by atoms with E-state index in [4.69, 9.17) is 0 Å². The van der Waals surface area contributed by atoms with Crippen molar-refractivity contribution < 1.29 is 18.0 Å². The van der Waals surface area contributed by atoms with Gasteiger partial charge in [-0.15, -0.1) is 24.0 Å². The molecular formula is C21H26F3IN4O. The molecule has 0 aliphatic carbocycles. The summed E-state index contributed by atoms with van der Waals surface area (Å²) in [4.78, 5) is 16.3. The minimum absolute atomic E-state index is 0. The fraction of sp³-hybridized carbons (Fsp3) is 0.333. The van der Waals surface area contributed by atoms with Crippen LogP contribution in [0.4, 0.5) is 13.2 Å². The molecule has 0 aromatic heterocycles. The lowest BCUT2D eigenvalue weighted by molar-refractivity contribution is -0.137. The van der Waals surface area contributed by atoms with Crippen molar-refractivity contribution in [2.45, 2.75) is 33.1 Å². The molecule has 0 bridgehead atoms. The fourth-order valence-corrected chi connectivity index (χ4v) is 2.53. The van der Waals surface area contributed by atoms with Crippen LogP contribution in [0.3, 0.4) is 0 Å². The van der Waals surface area contributed by atoms with Crippen LogP contribution in [0.25, 0.3) is 0 Å². The zero-order chi connectivity index (χ0) is 21.3. The van der Waals surface area contributed by atoms with Gasteiger partial charge >= 0.3 is 6.18 Å². The number of rotatable bonds is 7. The van der Waals surface area contributed by atoms with Gasteiger partial charge in [0.2, 0.25) is 0 Å². The Kier molecular flexibility index (Phi) is 10.6. The van der Waals surface area contributed by atoms with Crippen molar-refractivity contribution in [3.05, 3.63) is 70.8 Å². The number of guanidine groups is 1. The SMILES string of the molecule is CCNC(=O)c1ccc(CN=C(NCC)NCc2ccc(C(F)(F)F)cc2)cc1.I. The molecule has 0 saturated carbocycles. The topological polar surface area (TPSA) is 65.5 Å². The van der Waals surface area contributed by atoms with E-state index >= 15 is 0 Å². The third-order valence-electron chi connectivity index (χ3n) is 4.06. The van der Waals surface area contributed by atoms with Crippen LogP contribution in [-0.2, 0) is 19.3 Å². The molecule has 5 nitrogen and oxygen atoms in total. The quantitative estimate of drug-likeness (QED) is 0.282. The van der Waals surface area contributed by atoms with Gasteiger partial charge in [0.25, 0.3) is 5.91 Å². The van der Waals surface area contributed by atoms with E-state index in [0.717, 1.165) is 23.3 Å². The van der Waals surface area contributed by atoms with Gasteiger partial charge in [0, 0.05) is 25.2 Å². The molecule has 2 rings (SSSR count). The molecule has 0 heterocycles. The average molecular weight is 534 g/mol. The lowest BCUT2D eigenvalue weighted by Crippen LogP contribution is -2.36. The summed E-state index contributed by atoms with van der Waals surface area (Å²) in [6, 6.07) is 12.2. The third-order valence-corrected chi connectivity index (χ3v) is 4.06. The van der Waals surface area contributed by atoms with Crippen molar-refractivity contribution in [3.63, 3.8) is 0 Å². The summed E-state index contributed by atoms with van der Waals surface area (Å²) in [5.74, 6) is 0.439. The summed E-state index contributed by atoms with van der Waals surface area (Å²) in [5.41, 5.74) is 1.57. The Hall–Kier alpha value is -2.30. The lowest BCUT2D eigenvalue weighted by atomic mass is 10.1. The first-order valence-electron chi connectivity index (χ1n) is 9.39. The Labute approximate surface area is 191 Å². The van der Waals surface area contributed by atoms with Crippen LogP contribution in [0.2, 0.25) is 0 Å². The van der Waals surface area contributed by atoms with Crippen molar-refractivity contribution in [3.8, 4) is 0 Å². The number of hydrogen-bond acceptors (Lipinski definition) is 2. The molecular weight excluding hydrogens is 508 g/mol. The Morgan fingerprint density at radius 2 is 1.43 bits per heavy atom. The lowest BCUT2D eigenvalue weighted by Gasteiger charge is -2.12. The number of carbonyl (C=O) groups excluding carboxylic acids is 1. The number of alkyl halides is 3. The number of benzene rings is 2. The largest absolute Gasteiger partial charge is 0.416 e. The van der Waals surface area contributed by atoms with Gasteiger partial charge in [-0.05, 0) is 49.2 Å². The highest BCUT2D eigenvalue weighted by molar-refractivity contribution is 14.0. The molecule has 0 aliphatic rings. The van der Waals surface area contributed by atoms with E-state index in [1.165, 1.54) is 12.1 Å². The molecule has 0 saturated heterocycles. The fourth-order valence-electron chi connectivity index (χ4n) is 2.53. The van der Waals surface area contributed by atoms with E-state index in [2.05, 4.69) is 20.9 Å². The molecule has 30 heavy (non-hydrogen) atoms. The van der Waals surface area contributed by atoms with Crippen LogP contribution in [0.5, 0.6) is 0 Å². The molecule has 0 spiro atoms. The van der Waals surface area contributed by atoms with E-state index < -0.39 is 11.7 Å². The maximum Gasteiger partial charge on any atom is 0.416 e. The summed E-state index contributed by atoms with van der Waals surface area (Å²) in [7, 11) is 0. The molecule has 0 fully saturated rings. The minimum Gasteiger partial charge on any atom is -0.357 e. The van der Waals surface area contributed by atoms with Gasteiger partial charge in [0.1, 0.15) is 0 Å². The second-order valence-corrected chi connectivity index (χ2v) is 6.30. The minimum atomic E-state index is -4.34. The number of carbonyl (C=O) groups is 1. The van der Waals surface area contributed by atoms with Crippen molar-refractivity contribution >= 4 is 35.8 Å². The molecule has 0 unspecified atom stereocenters. The number of nitrogens with one attached hydrogen (secondary N) is 3. The highest BCUT2D eigenvalue weighted by atomic mass is 127. The van der Waals surface area contributed by atoms with Crippen LogP contribution in [0.1, 0.15) is 40.9 Å². The zero-order valence-electron chi connectivity index (χ0n) is 16.8. The standard InChI is InChI=1S/C21H25F3N4O.HI/c1-3-25-19(29)17-9-5-15(6-10-17)13-27-20(26-4-2)28-14-16-7-11-18(12-8-16)21(22,23)24;/h5-12H,3-4,13-14H2,1-2H3,(H,25,29)(H2,26,27,28);1H. The van der Waals surface area contributed by atoms with Gasteiger partial charge in [0.15, 0.2) is 5.96 Å². The van der Waals surface area contributed by atoms with E-state index in [1.54, 1.807) is 12.1 Å². The van der Waals surface area contributed by atoms with Crippen LogP contribution in [-0.4, -0.2) is 25.0 Å². The summed E-state index contributed by atoms with van der Waals surface area (Å²) >= 11 is 0. The molecule has 1 amide bonds. The van der Waals surface area contributed by atoms with Gasteiger partial charge in [-0.2, -0.15) is 13.2 Å². The second kappa shape index (κ2) is 12.4. The van der Waals surface area contributed by atoms with E-state index in [-0.39, 0.29) is 29.9 Å². The highest BCUT2D eigenvalue weighted by Crippen LogP contribution is 2.29. The summed E-state index contributed by atoms with van der Waals surface area (Å²) in [6.45, 7) is 5.76. The van der Waals surface area contributed by atoms with Crippen molar-refractivity contribution in [1.82, 2.24) is 16.0 Å². The molecule has 0 atom stereocenters. The Morgan fingerprint density at radius 1 is 0.867 bits per heavy atom. The first-order chi connectivity index (χ1) is 13.8. The predicted molar refractivity (Wildman–Crippen MR) is 123 cm³/mol. The normalized spacial score (nSPS) is 11.4. The number of aliphatic imine (C=N–C) groups is 1. The van der Waals surface area contributed by atoms with Crippen molar-refractivity contribution in [1.29, 1.82) is 0 Å². The Bertz CT molecular complexity index is 822. The van der Waals surface area contributed by atoms with E-state index in [1.807, 2.05) is 26.0 Å². The number of halogens is 4. The van der Waals surface area contributed by atoms with E-state index in [0.29, 0.717) is 37.7 Å². The van der Waals surface area contributed by atoms with Gasteiger partial charge in [-0.1, -0.05) is 24.3 Å². The van der Waals surface area contributed by atoms with Crippen molar-refractivity contribution in [2.75, 3.05) is 13.1 Å². The van der Waals surface area contributed by atoms with Crippen LogP contribution in [0, 0.1) is 0 Å². The van der Waals surface area contributed by atoms with Crippen LogP contribution < -0.4 is 16.0 Å². The maximum absolute atomic E-state index is 12.6. The van der Waals surface area contributed by atoms with Gasteiger partial charge < -0.3 is 16.0 Å². The monoisotopic (exact) mass is 534 g/mol. The number of hydrogen-bond donors (Lipinski definition) is 3. The first kappa shape index (κ1) is 25.7. The number of nitrogens with zero attached hydrogens (tertiary/aromatic N) is 1. The zero-order valence-corrected chi connectivity index (χ0v) is 19.2. The van der Waals surface area contributed by atoms with Gasteiger partial charge in [-0.3, -0.25) is 4.79 Å². The maximum atomic E-state index is 12.6. The third kappa shape index (κ3) is 8.21. The summed E-state index contributed by atoms with van der Waals surface area (Å²) in [6.07, 6.45) is -4.34. The van der Waals surface area contributed by atoms with Crippen LogP contribution in [0.15, 0.2) is 53.5 Å². The van der Waals surface area contributed by atoms with Crippen molar-refractivity contribution in [2.24, 2.45) is 4.99 Å². The molecule has 2 aromatic rings. The first-order valence-corrected chi connectivity index (χ1v) is 9.39. The molecule has 3 N–H and O–H groups in total. The number of amides is 1. The second-order valence-electron chi connectivity index (χ2n) is 6.30.